The molecule has 1 aromatic rings. The number of nitrogens with two attached hydrogens (primary N) is 1. The minimum Gasteiger partial charge on any atom is -0.508 e. The second kappa shape index (κ2) is 20.8. The first-order valence-electron chi connectivity index (χ1n) is 15.6. The van der Waals surface area contributed by atoms with Crippen LogP contribution in [0.5, 0.6) is 5.75 Å². The molecule has 1 rings (SSSR count). The molecule has 0 aliphatic heterocycles. The van der Waals surface area contributed by atoms with Crippen LogP contribution in [0.4, 0.5) is 0 Å². The maximum absolute atomic E-state index is 13.6. The van der Waals surface area contributed by atoms with Gasteiger partial charge in [-0.1, -0.05) is 39.8 Å². The van der Waals surface area contributed by atoms with Gasteiger partial charge in [-0.05, 0) is 42.4 Å². The monoisotopic (exact) mass is 712 g/mol. The molecule has 0 unspecified atom stereocenters. The molecule has 0 heterocycles. The zero-order chi connectivity index (χ0) is 37.4. The molecule has 0 aliphatic carbocycles. The number of rotatable bonds is 21. The zero-order valence-corrected chi connectivity index (χ0v) is 28.7. The lowest BCUT2D eigenvalue weighted by atomic mass is 9.99. The Labute approximate surface area is 289 Å². The summed E-state index contributed by atoms with van der Waals surface area (Å²) in [5, 5.41) is 49.8. The highest BCUT2D eigenvalue weighted by atomic mass is 32.1. The van der Waals surface area contributed by atoms with Crippen molar-refractivity contribution in [3.05, 3.63) is 29.8 Å². The number of carboxylic acid groups (broad SMARTS) is 2. The molecule has 0 fully saturated rings. The number of amides is 5. The molecule has 0 spiro atoms. The summed E-state index contributed by atoms with van der Waals surface area (Å²) in [4.78, 5) is 88.2. The lowest BCUT2D eigenvalue weighted by Gasteiger charge is -2.27. The minimum atomic E-state index is -1.67. The number of aromatic hydroxyl groups is 1. The molecule has 6 atom stereocenters. The number of aliphatic hydroxyl groups excluding tert-OH is 1. The predicted octanol–water partition coefficient (Wildman–Crippen LogP) is -1.74. The number of benzene rings is 1. The summed E-state index contributed by atoms with van der Waals surface area (Å²) in [5.41, 5.74) is 6.55. The average molecular weight is 713 g/mol. The topological polar surface area (TPSA) is 287 Å². The van der Waals surface area contributed by atoms with E-state index >= 15 is 0 Å². The number of carbonyl (C=O) groups excluding carboxylic acids is 5. The number of hydrogen-bond acceptors (Lipinski definition) is 11. The maximum Gasteiger partial charge on any atom is 0.327 e. The van der Waals surface area contributed by atoms with E-state index in [-0.39, 0.29) is 36.2 Å². The second-order valence-corrected chi connectivity index (χ2v) is 12.6. The summed E-state index contributed by atoms with van der Waals surface area (Å²) in [5.74, 6) is -7.84. The van der Waals surface area contributed by atoms with Gasteiger partial charge in [-0.2, -0.15) is 12.6 Å². The second-order valence-electron chi connectivity index (χ2n) is 12.2. The quantitative estimate of drug-likeness (QED) is 0.0634. The molecule has 1 aromatic carbocycles. The molecule has 5 amide bonds. The Bertz CT molecular complexity index is 1310. The van der Waals surface area contributed by atoms with Crippen LogP contribution in [0.25, 0.3) is 0 Å². The Kier molecular flexibility index (Phi) is 18.1. The molecule has 0 aliphatic rings. The highest BCUT2D eigenvalue weighted by Crippen LogP contribution is 2.13. The van der Waals surface area contributed by atoms with E-state index in [9.17, 15) is 48.9 Å². The van der Waals surface area contributed by atoms with E-state index in [1.165, 1.54) is 12.1 Å². The molecular weight excluding hydrogens is 664 g/mol. The summed E-state index contributed by atoms with van der Waals surface area (Å²) < 4.78 is 0. The molecule has 17 nitrogen and oxygen atoms in total. The lowest BCUT2D eigenvalue weighted by Crippen LogP contribution is -2.60. The van der Waals surface area contributed by atoms with Crippen molar-refractivity contribution in [2.75, 3.05) is 12.4 Å². The van der Waals surface area contributed by atoms with Gasteiger partial charge >= 0.3 is 11.9 Å². The number of thiol groups is 1. The van der Waals surface area contributed by atoms with Crippen LogP contribution in [0, 0.1) is 11.8 Å². The molecule has 18 heteroatoms. The van der Waals surface area contributed by atoms with E-state index in [4.69, 9.17) is 10.8 Å². The van der Waals surface area contributed by atoms with Crippen molar-refractivity contribution < 1.29 is 54.0 Å². The third kappa shape index (κ3) is 15.1. The fraction of sp³-hybridized carbons (Fsp3) is 0.581. The molecule has 0 bridgehead atoms. The van der Waals surface area contributed by atoms with E-state index in [1.807, 2.05) is 0 Å². The number of aliphatic carboxylic acids is 2. The zero-order valence-electron chi connectivity index (χ0n) is 27.8. The Balaban J connectivity index is 3.21. The number of carbonyl (C=O) groups is 7. The first kappa shape index (κ1) is 42.6. The van der Waals surface area contributed by atoms with Crippen LogP contribution in [-0.2, 0) is 40.0 Å². The third-order valence-corrected chi connectivity index (χ3v) is 7.63. The van der Waals surface area contributed by atoms with Crippen molar-refractivity contribution in [1.82, 2.24) is 26.6 Å². The van der Waals surface area contributed by atoms with Crippen LogP contribution >= 0.6 is 12.6 Å². The smallest absolute Gasteiger partial charge is 0.327 e. The fourth-order valence-corrected chi connectivity index (χ4v) is 4.60. The van der Waals surface area contributed by atoms with Gasteiger partial charge in [-0.25, -0.2) is 4.79 Å². The molecule has 11 N–H and O–H groups in total. The number of phenols is 1. The van der Waals surface area contributed by atoms with Crippen molar-refractivity contribution in [2.24, 2.45) is 17.6 Å². The molecule has 274 valence electrons. The first-order valence-corrected chi connectivity index (χ1v) is 16.2. The maximum atomic E-state index is 13.6. The number of carboxylic acids is 2. The number of nitrogens with one attached hydrogen (secondary N) is 5. The molecule has 49 heavy (non-hydrogen) atoms. The lowest BCUT2D eigenvalue weighted by molar-refractivity contribution is -0.142. The van der Waals surface area contributed by atoms with E-state index in [0.29, 0.717) is 5.56 Å². The first-order chi connectivity index (χ1) is 22.9. The van der Waals surface area contributed by atoms with Gasteiger partial charge in [-0.15, -0.1) is 0 Å². The number of phenolic OH excluding ortho intramolecular Hbond substituents is 1. The van der Waals surface area contributed by atoms with Crippen LogP contribution in [0.2, 0.25) is 0 Å². The van der Waals surface area contributed by atoms with Crippen molar-refractivity contribution in [2.45, 2.75) is 89.6 Å². The Hall–Kier alpha value is -4.42. The Morgan fingerprint density at radius 1 is 0.714 bits per heavy atom. The number of aliphatic hydroxyl groups is 1. The molecular formula is C31H48N6O11S. The SMILES string of the molecule is CC(C)C[C@H](NC(=O)[C@H](Cc1ccc(O)cc1)NC(=O)[C@@H](N)C(C)C)C(=O)N[C@@H](CO)C(=O)N[C@@H](CCC(=O)O)C(=O)N[C@@H](CS)C(=O)O. The van der Waals surface area contributed by atoms with Gasteiger partial charge in [0, 0.05) is 18.6 Å². The fourth-order valence-electron chi connectivity index (χ4n) is 4.36. The normalized spacial score (nSPS) is 14.8. The summed E-state index contributed by atoms with van der Waals surface area (Å²) in [7, 11) is 0. The summed E-state index contributed by atoms with van der Waals surface area (Å²) in [6, 6.07) is -2.18. The molecule has 0 aromatic heterocycles. The van der Waals surface area contributed by atoms with Gasteiger partial charge in [0.1, 0.15) is 36.0 Å². The third-order valence-electron chi connectivity index (χ3n) is 7.26. The summed E-state index contributed by atoms with van der Waals surface area (Å²) >= 11 is 3.86. The highest BCUT2D eigenvalue weighted by molar-refractivity contribution is 7.80. The van der Waals surface area contributed by atoms with Crippen LogP contribution < -0.4 is 32.3 Å². The van der Waals surface area contributed by atoms with E-state index in [2.05, 4.69) is 39.2 Å². The van der Waals surface area contributed by atoms with Gasteiger partial charge in [0.15, 0.2) is 0 Å². The molecule has 0 radical (unpaired) electrons. The van der Waals surface area contributed by atoms with Gasteiger partial charge in [0.25, 0.3) is 0 Å². The minimum absolute atomic E-state index is 0.0114. The summed E-state index contributed by atoms with van der Waals surface area (Å²) in [6.45, 7) is 6.02. The van der Waals surface area contributed by atoms with Gasteiger partial charge in [0.2, 0.25) is 29.5 Å². The molecule has 0 saturated carbocycles. The number of hydrogen-bond donors (Lipinski definition) is 11. The summed E-state index contributed by atoms with van der Waals surface area (Å²) in [6.07, 6.45) is -0.999. The van der Waals surface area contributed by atoms with Crippen molar-refractivity contribution in [3.8, 4) is 5.75 Å². The van der Waals surface area contributed by atoms with Gasteiger partial charge in [0.05, 0.1) is 12.6 Å². The highest BCUT2D eigenvalue weighted by Gasteiger charge is 2.33. The van der Waals surface area contributed by atoms with Crippen molar-refractivity contribution >= 4 is 54.1 Å². The van der Waals surface area contributed by atoms with E-state index in [0.717, 1.165) is 0 Å². The van der Waals surface area contributed by atoms with Crippen molar-refractivity contribution in [1.29, 1.82) is 0 Å². The van der Waals surface area contributed by atoms with Crippen LogP contribution in [0.1, 0.15) is 52.5 Å². The van der Waals surface area contributed by atoms with E-state index in [1.54, 1.807) is 39.8 Å². The predicted molar refractivity (Wildman–Crippen MR) is 179 cm³/mol. The van der Waals surface area contributed by atoms with Gasteiger partial charge < -0.3 is 52.7 Å². The van der Waals surface area contributed by atoms with Gasteiger partial charge in [-0.3, -0.25) is 28.8 Å². The van der Waals surface area contributed by atoms with Crippen molar-refractivity contribution in [3.63, 3.8) is 0 Å². The Morgan fingerprint density at radius 2 is 1.18 bits per heavy atom. The standard InChI is InChI=1S/C31H48N6O11S/c1-15(2)11-20(34-28(44)21(35-30(46)25(32)16(3)4)12-17-5-7-18(39)8-6-17)27(43)36-22(13-38)29(45)33-19(9-10-24(40)41)26(42)37-23(14-49)31(47)48/h5-8,15-16,19-23,25,38-39,49H,9-14,32H2,1-4H3,(H,33,45)(H,34,44)(H,35,46)(H,36,43)(H,37,42)(H,40,41)(H,47,48)/t19-,20-,21-,22-,23-,25-/m0/s1. The van der Waals surface area contributed by atoms with Crippen LogP contribution in [-0.4, -0.2) is 111 Å². The van der Waals surface area contributed by atoms with Crippen LogP contribution in [0.3, 0.4) is 0 Å². The Morgan fingerprint density at radius 3 is 1.67 bits per heavy atom. The van der Waals surface area contributed by atoms with Crippen LogP contribution in [0.15, 0.2) is 24.3 Å². The largest absolute Gasteiger partial charge is 0.508 e. The molecule has 0 saturated heterocycles. The van der Waals surface area contributed by atoms with E-state index < -0.39 is 97.2 Å². The average Bonchev–Trinajstić information content (AvgIpc) is 3.03.